The molecule has 1 N–H and O–H groups in total. The van der Waals surface area contributed by atoms with Gasteiger partial charge in [-0.25, -0.2) is 8.42 Å². The molecule has 3 rings (SSSR count). The Bertz CT molecular complexity index is 672. The summed E-state index contributed by atoms with van der Waals surface area (Å²) in [5.41, 5.74) is 1.58. The lowest BCUT2D eigenvalue weighted by atomic mass is 10.0. The van der Waals surface area contributed by atoms with E-state index in [1.807, 2.05) is 6.92 Å². The molecule has 7 heteroatoms. The molecule has 0 unspecified atom stereocenters. The summed E-state index contributed by atoms with van der Waals surface area (Å²) in [4.78, 5) is 11.6. The number of hydrogen-bond donors (Lipinski definition) is 1. The molecule has 6 nitrogen and oxygen atoms in total. The molecule has 0 aromatic heterocycles. The van der Waals surface area contributed by atoms with Crippen molar-refractivity contribution in [1.82, 2.24) is 4.31 Å². The molecule has 1 saturated heterocycles. The SMILES string of the molecule is C[C@@H]1CN(S(=O)(=O)c2ccc3c(c2)CCC(=O)N3)CCO1. The van der Waals surface area contributed by atoms with E-state index in [9.17, 15) is 13.2 Å². The summed E-state index contributed by atoms with van der Waals surface area (Å²) < 4.78 is 32.2. The van der Waals surface area contributed by atoms with Gasteiger partial charge in [0.25, 0.3) is 0 Å². The third-order valence-electron chi connectivity index (χ3n) is 3.81. The topological polar surface area (TPSA) is 75.7 Å². The number of benzene rings is 1. The number of carbonyl (C=O) groups excluding carboxylic acids is 1. The summed E-state index contributed by atoms with van der Waals surface area (Å²) in [7, 11) is -3.50. The Balaban J connectivity index is 1.91. The van der Waals surface area contributed by atoms with Crippen LogP contribution in [0.15, 0.2) is 23.1 Å². The van der Waals surface area contributed by atoms with Gasteiger partial charge >= 0.3 is 0 Å². The zero-order chi connectivity index (χ0) is 15.0. The third-order valence-corrected chi connectivity index (χ3v) is 5.67. The van der Waals surface area contributed by atoms with Crippen molar-refractivity contribution in [3.05, 3.63) is 23.8 Å². The lowest BCUT2D eigenvalue weighted by Gasteiger charge is -2.30. The molecular weight excluding hydrogens is 292 g/mol. The summed E-state index contributed by atoms with van der Waals surface area (Å²) in [6, 6.07) is 4.90. The van der Waals surface area contributed by atoms with Gasteiger partial charge in [0.1, 0.15) is 0 Å². The van der Waals surface area contributed by atoms with Crippen molar-refractivity contribution in [1.29, 1.82) is 0 Å². The highest BCUT2D eigenvalue weighted by Crippen LogP contribution is 2.27. The maximum absolute atomic E-state index is 12.7. The number of hydrogen-bond acceptors (Lipinski definition) is 4. The van der Waals surface area contributed by atoms with Crippen LogP contribution in [0.5, 0.6) is 0 Å². The number of carbonyl (C=O) groups is 1. The van der Waals surface area contributed by atoms with Crippen LogP contribution in [0.2, 0.25) is 0 Å². The summed E-state index contributed by atoms with van der Waals surface area (Å²) in [5, 5.41) is 2.76. The Kier molecular flexibility index (Phi) is 3.73. The van der Waals surface area contributed by atoms with Crippen molar-refractivity contribution in [2.45, 2.75) is 30.8 Å². The van der Waals surface area contributed by atoms with Gasteiger partial charge in [0.05, 0.1) is 17.6 Å². The molecule has 1 fully saturated rings. The molecule has 1 aromatic carbocycles. The van der Waals surface area contributed by atoms with E-state index in [2.05, 4.69) is 5.32 Å². The minimum Gasteiger partial charge on any atom is -0.376 e. The molecule has 1 amide bonds. The normalized spacial score (nSPS) is 23.5. The van der Waals surface area contributed by atoms with Gasteiger partial charge in [0, 0.05) is 25.2 Å². The van der Waals surface area contributed by atoms with Crippen LogP contribution in [0.25, 0.3) is 0 Å². The Morgan fingerprint density at radius 3 is 2.90 bits per heavy atom. The Morgan fingerprint density at radius 2 is 2.14 bits per heavy atom. The highest BCUT2D eigenvalue weighted by molar-refractivity contribution is 7.89. The van der Waals surface area contributed by atoms with Crippen molar-refractivity contribution < 1.29 is 17.9 Å². The number of ether oxygens (including phenoxy) is 1. The third kappa shape index (κ3) is 2.81. The second-order valence-corrected chi connectivity index (χ2v) is 7.35. The average molecular weight is 310 g/mol. The fraction of sp³-hybridized carbons (Fsp3) is 0.500. The first-order chi connectivity index (χ1) is 9.96. The van der Waals surface area contributed by atoms with Gasteiger partial charge in [-0.1, -0.05) is 0 Å². The number of amides is 1. The number of sulfonamides is 1. The number of morpholine rings is 1. The summed E-state index contributed by atoms with van der Waals surface area (Å²) in [6.45, 7) is 3.03. The Labute approximate surface area is 124 Å². The minimum atomic E-state index is -3.50. The number of aryl methyl sites for hydroxylation is 1. The number of nitrogens with zero attached hydrogens (tertiary/aromatic N) is 1. The van der Waals surface area contributed by atoms with Gasteiger partial charge in [-0.2, -0.15) is 4.31 Å². The standard InChI is InChI=1S/C14H18N2O4S/c1-10-9-16(6-7-20-10)21(18,19)12-3-4-13-11(8-12)2-5-14(17)15-13/h3-4,8,10H,2,5-7,9H2,1H3,(H,15,17)/t10-/m1/s1. The van der Waals surface area contributed by atoms with Gasteiger partial charge < -0.3 is 10.1 Å². The molecule has 2 heterocycles. The van der Waals surface area contributed by atoms with Gasteiger partial charge in [0.2, 0.25) is 15.9 Å². The molecule has 21 heavy (non-hydrogen) atoms. The predicted octanol–water partition coefficient (Wildman–Crippen LogP) is 0.981. The minimum absolute atomic E-state index is 0.0277. The van der Waals surface area contributed by atoms with Crippen LogP contribution in [-0.4, -0.2) is 44.4 Å². The molecule has 0 saturated carbocycles. The fourth-order valence-corrected chi connectivity index (χ4v) is 4.22. The zero-order valence-electron chi connectivity index (χ0n) is 11.8. The first kappa shape index (κ1) is 14.5. The van der Waals surface area contributed by atoms with E-state index in [-0.39, 0.29) is 16.9 Å². The van der Waals surface area contributed by atoms with E-state index < -0.39 is 10.0 Å². The van der Waals surface area contributed by atoms with Gasteiger partial charge in [-0.3, -0.25) is 4.79 Å². The maximum Gasteiger partial charge on any atom is 0.243 e. The van der Waals surface area contributed by atoms with Crippen LogP contribution in [-0.2, 0) is 26.0 Å². The van der Waals surface area contributed by atoms with E-state index >= 15 is 0 Å². The first-order valence-electron chi connectivity index (χ1n) is 7.01. The molecule has 2 aliphatic heterocycles. The molecular formula is C14H18N2O4S. The number of fused-ring (bicyclic) bond motifs is 1. The number of anilines is 1. The Morgan fingerprint density at radius 1 is 1.33 bits per heavy atom. The largest absolute Gasteiger partial charge is 0.376 e. The molecule has 0 bridgehead atoms. The average Bonchev–Trinajstić information content (AvgIpc) is 2.46. The lowest BCUT2D eigenvalue weighted by molar-refractivity contribution is -0.116. The molecule has 114 valence electrons. The van der Waals surface area contributed by atoms with Crippen molar-refractivity contribution in [3.8, 4) is 0 Å². The smallest absolute Gasteiger partial charge is 0.243 e. The van der Waals surface area contributed by atoms with Crippen LogP contribution in [0.1, 0.15) is 18.9 Å². The van der Waals surface area contributed by atoms with Gasteiger partial charge in [-0.05, 0) is 37.1 Å². The number of nitrogens with one attached hydrogen (secondary N) is 1. The van der Waals surface area contributed by atoms with Crippen molar-refractivity contribution in [3.63, 3.8) is 0 Å². The maximum atomic E-state index is 12.7. The van der Waals surface area contributed by atoms with E-state index in [4.69, 9.17) is 4.74 Å². The molecule has 0 spiro atoms. The monoisotopic (exact) mass is 310 g/mol. The van der Waals surface area contributed by atoms with Gasteiger partial charge in [-0.15, -0.1) is 0 Å². The highest BCUT2D eigenvalue weighted by atomic mass is 32.2. The second-order valence-electron chi connectivity index (χ2n) is 5.41. The highest BCUT2D eigenvalue weighted by Gasteiger charge is 2.30. The zero-order valence-corrected chi connectivity index (χ0v) is 12.6. The summed E-state index contributed by atoms with van der Waals surface area (Å²) >= 11 is 0. The van der Waals surface area contributed by atoms with Crippen molar-refractivity contribution in [2.75, 3.05) is 25.0 Å². The van der Waals surface area contributed by atoms with Crippen LogP contribution in [0.4, 0.5) is 5.69 Å². The van der Waals surface area contributed by atoms with Gasteiger partial charge in [0.15, 0.2) is 0 Å². The van der Waals surface area contributed by atoms with Crippen LogP contribution >= 0.6 is 0 Å². The van der Waals surface area contributed by atoms with Crippen molar-refractivity contribution in [2.24, 2.45) is 0 Å². The molecule has 1 atom stereocenters. The lowest BCUT2D eigenvalue weighted by Crippen LogP contribution is -2.44. The van der Waals surface area contributed by atoms with Crippen molar-refractivity contribution >= 4 is 21.6 Å². The first-order valence-corrected chi connectivity index (χ1v) is 8.45. The second kappa shape index (κ2) is 5.40. The van der Waals surface area contributed by atoms with Crippen LogP contribution < -0.4 is 5.32 Å². The summed E-state index contributed by atoms with van der Waals surface area (Å²) in [5.74, 6) is -0.0277. The fourth-order valence-electron chi connectivity index (χ4n) is 2.67. The Hall–Kier alpha value is -1.44. The van der Waals surface area contributed by atoms with Crippen LogP contribution in [0, 0.1) is 0 Å². The van der Waals surface area contributed by atoms with E-state index in [0.717, 1.165) is 5.56 Å². The van der Waals surface area contributed by atoms with E-state index in [0.29, 0.717) is 38.2 Å². The molecule has 0 aliphatic carbocycles. The predicted molar refractivity (Wildman–Crippen MR) is 77.6 cm³/mol. The van der Waals surface area contributed by atoms with Crippen LogP contribution in [0.3, 0.4) is 0 Å². The quantitative estimate of drug-likeness (QED) is 0.883. The van der Waals surface area contributed by atoms with E-state index in [1.54, 1.807) is 18.2 Å². The summed E-state index contributed by atoms with van der Waals surface area (Å²) in [6.07, 6.45) is 0.875. The molecule has 1 aromatic rings. The molecule has 0 radical (unpaired) electrons. The van der Waals surface area contributed by atoms with E-state index in [1.165, 1.54) is 4.31 Å². The number of rotatable bonds is 2. The molecule has 2 aliphatic rings.